The molecule has 2 aromatic rings. The van der Waals surface area contributed by atoms with Gasteiger partial charge >= 0.3 is 0 Å². The molecule has 2 heterocycles. The molecule has 0 saturated heterocycles. The van der Waals surface area contributed by atoms with Gasteiger partial charge in [0.25, 0.3) is 0 Å². The van der Waals surface area contributed by atoms with Crippen LogP contribution in [0.4, 0.5) is 0 Å². The second-order valence-electron chi connectivity index (χ2n) is 3.88. The van der Waals surface area contributed by atoms with E-state index in [0.29, 0.717) is 16.3 Å². The summed E-state index contributed by atoms with van der Waals surface area (Å²) in [6, 6.07) is 1.85. The lowest BCUT2D eigenvalue weighted by atomic mass is 10.1. The quantitative estimate of drug-likeness (QED) is 0.898. The lowest BCUT2D eigenvalue weighted by Gasteiger charge is -2.15. The number of aliphatic hydroxyl groups excluding tert-OH is 1. The van der Waals surface area contributed by atoms with E-state index in [2.05, 4.69) is 5.10 Å². The van der Waals surface area contributed by atoms with Gasteiger partial charge in [-0.05, 0) is 19.9 Å². The molecule has 4 nitrogen and oxygen atoms in total. The maximum atomic E-state index is 10.2. The molecule has 0 saturated carbocycles. The molecule has 0 aliphatic rings. The van der Waals surface area contributed by atoms with Gasteiger partial charge in [-0.2, -0.15) is 5.10 Å². The molecule has 1 atom stereocenters. The second-order valence-corrected chi connectivity index (χ2v) is 4.28. The second kappa shape index (κ2) is 4.31. The van der Waals surface area contributed by atoms with Crippen molar-refractivity contribution in [2.24, 2.45) is 0 Å². The van der Waals surface area contributed by atoms with Crippen LogP contribution in [-0.2, 0) is 0 Å². The van der Waals surface area contributed by atoms with Gasteiger partial charge in [-0.3, -0.25) is 4.68 Å². The highest BCUT2D eigenvalue weighted by molar-refractivity contribution is 6.31. The topological polar surface area (TPSA) is 51.2 Å². The molecule has 0 bridgehead atoms. The van der Waals surface area contributed by atoms with E-state index in [9.17, 15) is 5.11 Å². The molecule has 0 radical (unpaired) electrons. The van der Waals surface area contributed by atoms with Gasteiger partial charge in [0, 0.05) is 11.6 Å². The normalized spacial score (nSPS) is 13.3. The van der Waals surface area contributed by atoms with Gasteiger partial charge in [0.2, 0.25) is 0 Å². The SMILES string of the molecule is CC(C)n1ncc(Cl)c1C(O)c1ccoc1. The first-order chi connectivity index (χ1) is 7.61. The van der Waals surface area contributed by atoms with Crippen molar-refractivity contribution in [1.82, 2.24) is 9.78 Å². The molecule has 2 rings (SSSR count). The van der Waals surface area contributed by atoms with Gasteiger partial charge in [0.05, 0.1) is 29.4 Å². The van der Waals surface area contributed by atoms with Crippen LogP contribution in [0, 0.1) is 0 Å². The summed E-state index contributed by atoms with van der Waals surface area (Å²) in [4.78, 5) is 0. The Hall–Kier alpha value is -1.26. The van der Waals surface area contributed by atoms with Crippen LogP contribution >= 0.6 is 11.6 Å². The number of rotatable bonds is 3. The average molecular weight is 241 g/mol. The fourth-order valence-corrected chi connectivity index (χ4v) is 1.84. The third-order valence-corrected chi connectivity index (χ3v) is 2.69. The van der Waals surface area contributed by atoms with E-state index < -0.39 is 6.10 Å². The van der Waals surface area contributed by atoms with Crippen LogP contribution in [0.2, 0.25) is 5.02 Å². The Morgan fingerprint density at radius 1 is 1.50 bits per heavy atom. The molecule has 0 aromatic carbocycles. The zero-order valence-electron chi connectivity index (χ0n) is 9.09. The van der Waals surface area contributed by atoms with Crippen LogP contribution in [0.3, 0.4) is 0 Å². The summed E-state index contributed by atoms with van der Waals surface area (Å²) in [5.41, 5.74) is 1.27. The van der Waals surface area contributed by atoms with Crippen molar-refractivity contribution in [3.63, 3.8) is 0 Å². The van der Waals surface area contributed by atoms with E-state index in [4.69, 9.17) is 16.0 Å². The summed E-state index contributed by atoms with van der Waals surface area (Å²) in [6.45, 7) is 3.96. The van der Waals surface area contributed by atoms with Crippen molar-refractivity contribution in [2.45, 2.75) is 26.0 Å². The smallest absolute Gasteiger partial charge is 0.125 e. The molecule has 5 heteroatoms. The summed E-state index contributed by atoms with van der Waals surface area (Å²) in [6.07, 6.45) is 3.75. The molecule has 0 amide bonds. The zero-order valence-corrected chi connectivity index (χ0v) is 9.85. The molecule has 0 aliphatic carbocycles. The van der Waals surface area contributed by atoms with Crippen LogP contribution in [0.25, 0.3) is 0 Å². The van der Waals surface area contributed by atoms with Gasteiger partial charge < -0.3 is 9.52 Å². The Bertz CT molecular complexity index is 462. The number of hydrogen-bond acceptors (Lipinski definition) is 3. The zero-order chi connectivity index (χ0) is 11.7. The van der Waals surface area contributed by atoms with Crippen molar-refractivity contribution in [3.8, 4) is 0 Å². The molecule has 16 heavy (non-hydrogen) atoms. The molecular weight excluding hydrogens is 228 g/mol. The lowest BCUT2D eigenvalue weighted by Crippen LogP contribution is -2.12. The highest BCUT2D eigenvalue weighted by Gasteiger charge is 2.21. The minimum Gasteiger partial charge on any atom is -0.472 e. The van der Waals surface area contributed by atoms with E-state index in [1.54, 1.807) is 16.9 Å². The minimum absolute atomic E-state index is 0.143. The average Bonchev–Trinajstić information content (AvgIpc) is 2.84. The first-order valence-electron chi connectivity index (χ1n) is 5.04. The molecule has 0 spiro atoms. The van der Waals surface area contributed by atoms with Crippen molar-refractivity contribution in [2.75, 3.05) is 0 Å². The number of furan rings is 1. The summed E-state index contributed by atoms with van der Waals surface area (Å²) in [7, 11) is 0. The van der Waals surface area contributed by atoms with Crippen LogP contribution < -0.4 is 0 Å². The Morgan fingerprint density at radius 2 is 2.25 bits per heavy atom. The monoisotopic (exact) mass is 240 g/mol. The number of aromatic nitrogens is 2. The van der Waals surface area contributed by atoms with E-state index in [0.717, 1.165) is 0 Å². The summed E-state index contributed by atoms with van der Waals surface area (Å²) >= 11 is 6.03. The van der Waals surface area contributed by atoms with Gasteiger partial charge in [0.15, 0.2) is 0 Å². The van der Waals surface area contributed by atoms with Gasteiger partial charge in [-0.25, -0.2) is 0 Å². The third kappa shape index (κ3) is 1.86. The Labute approximate surface area is 98.4 Å². The number of halogens is 1. The summed E-state index contributed by atoms with van der Waals surface area (Å²) in [5, 5.41) is 14.8. The highest BCUT2D eigenvalue weighted by atomic mass is 35.5. The molecule has 0 fully saturated rings. The van der Waals surface area contributed by atoms with E-state index in [-0.39, 0.29) is 6.04 Å². The maximum absolute atomic E-state index is 10.2. The van der Waals surface area contributed by atoms with Crippen molar-refractivity contribution in [3.05, 3.63) is 41.1 Å². The molecule has 86 valence electrons. The molecular formula is C11H13ClN2O2. The minimum atomic E-state index is -0.809. The molecule has 1 unspecified atom stereocenters. The summed E-state index contributed by atoms with van der Waals surface area (Å²) < 4.78 is 6.65. The Kier molecular flexibility index (Phi) is 3.03. The van der Waals surface area contributed by atoms with Crippen LogP contribution in [0.1, 0.15) is 37.3 Å². The molecule has 1 N–H and O–H groups in total. The van der Waals surface area contributed by atoms with E-state index >= 15 is 0 Å². The van der Waals surface area contributed by atoms with Crippen LogP contribution in [0.15, 0.2) is 29.2 Å². The van der Waals surface area contributed by atoms with Crippen LogP contribution in [-0.4, -0.2) is 14.9 Å². The maximum Gasteiger partial charge on any atom is 0.125 e. The Balaban J connectivity index is 2.43. The van der Waals surface area contributed by atoms with Gasteiger partial charge in [0.1, 0.15) is 6.10 Å². The molecule has 0 aliphatic heterocycles. The third-order valence-electron chi connectivity index (χ3n) is 2.39. The number of hydrogen-bond donors (Lipinski definition) is 1. The summed E-state index contributed by atoms with van der Waals surface area (Å²) in [5.74, 6) is 0. The first kappa shape index (κ1) is 11.2. The van der Waals surface area contributed by atoms with Crippen LogP contribution in [0.5, 0.6) is 0 Å². The van der Waals surface area contributed by atoms with Crippen molar-refractivity contribution < 1.29 is 9.52 Å². The van der Waals surface area contributed by atoms with Gasteiger partial charge in [-0.15, -0.1) is 0 Å². The highest BCUT2D eigenvalue weighted by Crippen LogP contribution is 2.30. The largest absolute Gasteiger partial charge is 0.472 e. The van der Waals surface area contributed by atoms with Gasteiger partial charge in [-0.1, -0.05) is 11.6 Å². The fraction of sp³-hybridized carbons (Fsp3) is 0.364. The van der Waals surface area contributed by atoms with E-state index in [1.165, 1.54) is 12.5 Å². The first-order valence-corrected chi connectivity index (χ1v) is 5.42. The fourth-order valence-electron chi connectivity index (χ4n) is 1.61. The number of aliphatic hydroxyl groups is 1. The number of nitrogens with zero attached hydrogens (tertiary/aromatic N) is 2. The standard InChI is InChI=1S/C11H13ClN2O2/c1-7(2)14-10(9(12)5-13-14)11(15)8-3-4-16-6-8/h3-7,11,15H,1-2H3. The molecule has 2 aromatic heterocycles. The predicted octanol–water partition coefficient (Wildman–Crippen LogP) is 2.79. The Morgan fingerprint density at radius 3 is 2.81 bits per heavy atom. The predicted molar refractivity (Wildman–Crippen MR) is 60.4 cm³/mol. The van der Waals surface area contributed by atoms with E-state index in [1.807, 2.05) is 13.8 Å². The lowest BCUT2D eigenvalue weighted by molar-refractivity contribution is 0.204. The van der Waals surface area contributed by atoms with Crippen molar-refractivity contribution in [1.29, 1.82) is 0 Å². The van der Waals surface area contributed by atoms with Crippen molar-refractivity contribution >= 4 is 11.6 Å².